The SMILES string of the molecule is CCCN(C(=O)COc1ccc(Cl)cc1)C1CCS(=O)(=O)C1. The van der Waals surface area contributed by atoms with Crippen LogP contribution >= 0.6 is 11.6 Å². The number of rotatable bonds is 6. The lowest BCUT2D eigenvalue weighted by atomic mass is 10.2. The first kappa shape index (κ1) is 17.1. The van der Waals surface area contributed by atoms with E-state index in [0.717, 1.165) is 6.42 Å². The zero-order valence-electron chi connectivity index (χ0n) is 12.5. The molecule has 0 aromatic heterocycles. The molecule has 0 saturated carbocycles. The molecule has 0 N–H and O–H groups in total. The van der Waals surface area contributed by atoms with Gasteiger partial charge in [0.25, 0.3) is 5.91 Å². The maximum Gasteiger partial charge on any atom is 0.260 e. The lowest BCUT2D eigenvalue weighted by molar-refractivity contribution is -0.135. The summed E-state index contributed by atoms with van der Waals surface area (Å²) >= 11 is 5.79. The van der Waals surface area contributed by atoms with Crippen LogP contribution in [0.15, 0.2) is 24.3 Å². The molecular weight excluding hydrogens is 326 g/mol. The van der Waals surface area contributed by atoms with Gasteiger partial charge in [0.15, 0.2) is 16.4 Å². The maximum absolute atomic E-state index is 12.4. The highest BCUT2D eigenvalue weighted by Gasteiger charge is 2.34. The van der Waals surface area contributed by atoms with Gasteiger partial charge in [0.2, 0.25) is 0 Å². The molecule has 1 heterocycles. The molecule has 1 aromatic rings. The summed E-state index contributed by atoms with van der Waals surface area (Å²) in [5, 5.41) is 0.599. The Morgan fingerprint density at radius 3 is 2.59 bits per heavy atom. The molecule has 1 aliphatic heterocycles. The van der Waals surface area contributed by atoms with Gasteiger partial charge in [-0.2, -0.15) is 0 Å². The topological polar surface area (TPSA) is 63.7 Å². The first-order chi connectivity index (χ1) is 10.4. The Balaban J connectivity index is 1.96. The monoisotopic (exact) mass is 345 g/mol. The highest BCUT2D eigenvalue weighted by molar-refractivity contribution is 7.91. The van der Waals surface area contributed by atoms with Gasteiger partial charge in [-0.15, -0.1) is 0 Å². The van der Waals surface area contributed by atoms with E-state index < -0.39 is 9.84 Å². The highest BCUT2D eigenvalue weighted by atomic mass is 35.5. The van der Waals surface area contributed by atoms with Crippen LogP contribution in [-0.2, 0) is 14.6 Å². The van der Waals surface area contributed by atoms with E-state index in [0.29, 0.717) is 23.7 Å². The Bertz CT molecular complexity index is 615. The highest BCUT2D eigenvalue weighted by Crippen LogP contribution is 2.19. The Hall–Kier alpha value is -1.27. The summed E-state index contributed by atoms with van der Waals surface area (Å²) in [5.41, 5.74) is 0. The third-order valence-electron chi connectivity index (χ3n) is 3.61. The van der Waals surface area contributed by atoms with Crippen molar-refractivity contribution in [1.29, 1.82) is 0 Å². The van der Waals surface area contributed by atoms with Gasteiger partial charge in [0.1, 0.15) is 5.75 Å². The molecule has 0 spiro atoms. The molecule has 1 saturated heterocycles. The molecule has 0 radical (unpaired) electrons. The van der Waals surface area contributed by atoms with Crippen molar-refractivity contribution in [3.8, 4) is 5.75 Å². The first-order valence-electron chi connectivity index (χ1n) is 7.29. The molecule has 1 amide bonds. The van der Waals surface area contributed by atoms with Gasteiger partial charge in [0, 0.05) is 17.6 Å². The summed E-state index contributed by atoms with van der Waals surface area (Å²) in [5.74, 6) is 0.593. The third kappa shape index (κ3) is 4.61. The number of hydrogen-bond donors (Lipinski definition) is 0. The Morgan fingerprint density at radius 1 is 1.36 bits per heavy atom. The van der Waals surface area contributed by atoms with E-state index in [2.05, 4.69) is 0 Å². The summed E-state index contributed by atoms with van der Waals surface area (Å²) in [6, 6.07) is 6.54. The van der Waals surface area contributed by atoms with E-state index in [-0.39, 0.29) is 30.1 Å². The van der Waals surface area contributed by atoms with Gasteiger partial charge in [-0.3, -0.25) is 4.79 Å². The number of amides is 1. The molecule has 0 bridgehead atoms. The standard InChI is InChI=1S/C15H20ClNO4S/c1-2-8-17(13-7-9-22(19,20)11-13)15(18)10-21-14-5-3-12(16)4-6-14/h3-6,13H,2,7-11H2,1H3. The summed E-state index contributed by atoms with van der Waals surface area (Å²) in [6.45, 7) is 2.41. The summed E-state index contributed by atoms with van der Waals surface area (Å²) in [6.07, 6.45) is 1.29. The third-order valence-corrected chi connectivity index (χ3v) is 5.61. The number of nitrogens with zero attached hydrogens (tertiary/aromatic N) is 1. The van der Waals surface area contributed by atoms with E-state index in [9.17, 15) is 13.2 Å². The van der Waals surface area contributed by atoms with E-state index in [1.54, 1.807) is 29.2 Å². The van der Waals surface area contributed by atoms with Crippen LogP contribution < -0.4 is 4.74 Å². The Morgan fingerprint density at radius 2 is 2.05 bits per heavy atom. The van der Waals surface area contributed by atoms with Crippen LogP contribution in [0.1, 0.15) is 19.8 Å². The molecule has 2 rings (SSSR count). The number of halogens is 1. The number of sulfone groups is 1. The van der Waals surface area contributed by atoms with Crippen molar-refractivity contribution in [3.05, 3.63) is 29.3 Å². The van der Waals surface area contributed by atoms with Crippen molar-refractivity contribution in [2.24, 2.45) is 0 Å². The fourth-order valence-corrected chi connectivity index (χ4v) is 4.39. The number of carbonyl (C=O) groups excluding carboxylic acids is 1. The minimum absolute atomic E-state index is 0.0552. The van der Waals surface area contributed by atoms with Crippen LogP contribution in [0.2, 0.25) is 5.02 Å². The summed E-state index contributed by atoms with van der Waals surface area (Å²) in [7, 11) is -3.01. The molecule has 1 aliphatic rings. The molecule has 1 aromatic carbocycles. The fourth-order valence-electron chi connectivity index (χ4n) is 2.53. The van der Waals surface area contributed by atoms with Crippen LogP contribution in [0.5, 0.6) is 5.75 Å². The predicted octanol–water partition coefficient (Wildman–Crippen LogP) is 2.14. The average molecular weight is 346 g/mol. The van der Waals surface area contributed by atoms with Crippen LogP contribution in [0.25, 0.3) is 0 Å². The second-order valence-electron chi connectivity index (χ2n) is 5.39. The second kappa shape index (κ2) is 7.33. The van der Waals surface area contributed by atoms with Crippen LogP contribution in [0.3, 0.4) is 0 Å². The van der Waals surface area contributed by atoms with Gasteiger partial charge in [-0.1, -0.05) is 18.5 Å². The minimum atomic E-state index is -3.01. The minimum Gasteiger partial charge on any atom is -0.484 e. The molecule has 0 aliphatic carbocycles. The van der Waals surface area contributed by atoms with E-state index >= 15 is 0 Å². The van der Waals surface area contributed by atoms with Crippen molar-refractivity contribution in [2.75, 3.05) is 24.7 Å². The van der Waals surface area contributed by atoms with E-state index in [1.165, 1.54) is 0 Å². The van der Waals surface area contributed by atoms with E-state index in [4.69, 9.17) is 16.3 Å². The molecule has 1 atom stereocenters. The quantitative estimate of drug-likeness (QED) is 0.792. The van der Waals surface area contributed by atoms with Crippen LogP contribution in [0, 0.1) is 0 Å². The fraction of sp³-hybridized carbons (Fsp3) is 0.533. The van der Waals surface area contributed by atoms with Gasteiger partial charge in [-0.25, -0.2) is 8.42 Å². The average Bonchev–Trinajstić information content (AvgIpc) is 2.83. The van der Waals surface area contributed by atoms with Crippen molar-refractivity contribution >= 4 is 27.3 Å². The first-order valence-corrected chi connectivity index (χ1v) is 9.49. The maximum atomic E-state index is 12.4. The van der Waals surface area contributed by atoms with Gasteiger partial charge in [0.05, 0.1) is 11.5 Å². The largest absolute Gasteiger partial charge is 0.484 e. The molecular formula is C15H20ClNO4S. The Kier molecular flexibility index (Phi) is 5.69. The molecule has 122 valence electrons. The van der Waals surface area contributed by atoms with Crippen molar-refractivity contribution < 1.29 is 17.9 Å². The lowest BCUT2D eigenvalue weighted by Crippen LogP contribution is -2.44. The molecule has 1 unspecified atom stereocenters. The van der Waals surface area contributed by atoms with Crippen molar-refractivity contribution in [1.82, 2.24) is 4.90 Å². The smallest absolute Gasteiger partial charge is 0.260 e. The van der Waals surface area contributed by atoms with Crippen LogP contribution in [0.4, 0.5) is 0 Å². The molecule has 1 fully saturated rings. The van der Waals surface area contributed by atoms with Gasteiger partial charge in [-0.05, 0) is 37.1 Å². The van der Waals surface area contributed by atoms with Crippen molar-refractivity contribution in [3.63, 3.8) is 0 Å². The van der Waals surface area contributed by atoms with Gasteiger partial charge < -0.3 is 9.64 Å². The van der Waals surface area contributed by atoms with Crippen LogP contribution in [-0.4, -0.2) is 49.9 Å². The molecule has 7 heteroatoms. The normalized spacial score (nSPS) is 19.8. The summed E-state index contributed by atoms with van der Waals surface area (Å²) in [4.78, 5) is 14.0. The number of ether oxygens (including phenoxy) is 1. The zero-order valence-corrected chi connectivity index (χ0v) is 14.1. The molecule has 22 heavy (non-hydrogen) atoms. The van der Waals surface area contributed by atoms with Gasteiger partial charge >= 0.3 is 0 Å². The Labute approximate surface area is 136 Å². The lowest BCUT2D eigenvalue weighted by Gasteiger charge is -2.27. The number of benzene rings is 1. The number of hydrogen-bond acceptors (Lipinski definition) is 4. The molecule has 5 nitrogen and oxygen atoms in total. The predicted molar refractivity (Wildman–Crippen MR) is 86.0 cm³/mol. The van der Waals surface area contributed by atoms with Crippen molar-refractivity contribution in [2.45, 2.75) is 25.8 Å². The summed E-state index contributed by atoms with van der Waals surface area (Å²) < 4.78 is 28.7. The number of carbonyl (C=O) groups is 1. The van der Waals surface area contributed by atoms with E-state index in [1.807, 2.05) is 6.92 Å². The zero-order chi connectivity index (χ0) is 16.2. The second-order valence-corrected chi connectivity index (χ2v) is 8.05.